The molecular weight excluding hydrogens is 240 g/mol. The Kier molecular flexibility index (Phi) is 3.31. The fraction of sp³-hybridized carbons (Fsp3) is 0.429. The first-order chi connectivity index (χ1) is 9.25. The van der Waals surface area contributed by atoms with Gasteiger partial charge in [0.05, 0.1) is 36.3 Å². The van der Waals surface area contributed by atoms with Crippen molar-refractivity contribution in [3.63, 3.8) is 0 Å². The zero-order chi connectivity index (χ0) is 13.2. The van der Waals surface area contributed by atoms with Gasteiger partial charge in [-0.3, -0.25) is 0 Å². The van der Waals surface area contributed by atoms with Crippen LogP contribution in [-0.2, 0) is 4.74 Å². The molecule has 0 radical (unpaired) electrons. The van der Waals surface area contributed by atoms with E-state index in [9.17, 15) is 0 Å². The minimum atomic E-state index is -0.0971. The Balaban J connectivity index is 1.88. The Hall–Kier alpha value is -1.72. The lowest BCUT2D eigenvalue weighted by molar-refractivity contribution is 0.118. The van der Waals surface area contributed by atoms with Crippen LogP contribution in [0.5, 0.6) is 0 Å². The largest absolute Gasteiger partial charge is 0.378 e. The Morgan fingerprint density at radius 2 is 2.16 bits per heavy atom. The second kappa shape index (κ2) is 5.11. The molecule has 0 spiro atoms. The molecule has 2 heterocycles. The molecule has 0 aliphatic carbocycles. The van der Waals surface area contributed by atoms with Crippen molar-refractivity contribution in [2.75, 3.05) is 6.61 Å². The number of hydrogen-bond acceptors (Lipinski definition) is 4. The zero-order valence-corrected chi connectivity index (χ0v) is 10.9. The van der Waals surface area contributed by atoms with Crippen molar-refractivity contribution in [1.29, 1.82) is 0 Å². The molecule has 3 rings (SSSR count). The first-order valence-corrected chi connectivity index (χ1v) is 6.59. The van der Waals surface area contributed by atoms with Crippen molar-refractivity contribution in [2.24, 2.45) is 11.7 Å². The van der Waals surface area contributed by atoms with Gasteiger partial charge in [-0.25, -0.2) is 4.68 Å². The molecule has 3 atom stereocenters. The fourth-order valence-electron chi connectivity index (χ4n) is 2.58. The molecule has 1 aliphatic heterocycles. The Bertz CT molecular complexity index is 539. The molecule has 0 saturated carbocycles. The molecule has 2 aromatic rings. The van der Waals surface area contributed by atoms with Gasteiger partial charge < -0.3 is 10.5 Å². The van der Waals surface area contributed by atoms with Crippen LogP contribution in [0.2, 0.25) is 0 Å². The number of aromatic nitrogens is 3. The molecule has 19 heavy (non-hydrogen) atoms. The molecule has 5 heteroatoms. The summed E-state index contributed by atoms with van der Waals surface area (Å²) >= 11 is 0. The van der Waals surface area contributed by atoms with Crippen LogP contribution in [0.4, 0.5) is 0 Å². The molecule has 0 bridgehead atoms. The van der Waals surface area contributed by atoms with Crippen molar-refractivity contribution < 1.29 is 4.74 Å². The molecule has 5 nitrogen and oxygen atoms in total. The van der Waals surface area contributed by atoms with Crippen LogP contribution < -0.4 is 5.73 Å². The summed E-state index contributed by atoms with van der Waals surface area (Å²) in [7, 11) is 0. The van der Waals surface area contributed by atoms with Gasteiger partial charge in [0.2, 0.25) is 0 Å². The minimum absolute atomic E-state index is 0.0971. The summed E-state index contributed by atoms with van der Waals surface area (Å²) in [6, 6.07) is 9.84. The van der Waals surface area contributed by atoms with Crippen LogP contribution in [0.1, 0.15) is 25.1 Å². The third kappa shape index (κ3) is 2.39. The highest BCUT2D eigenvalue weighted by Crippen LogP contribution is 2.30. The highest BCUT2D eigenvalue weighted by molar-refractivity contribution is 5.32. The molecule has 1 saturated heterocycles. The van der Waals surface area contributed by atoms with Crippen LogP contribution in [-0.4, -0.2) is 27.7 Å². The van der Waals surface area contributed by atoms with E-state index in [2.05, 4.69) is 17.2 Å². The average molecular weight is 258 g/mol. The van der Waals surface area contributed by atoms with Crippen LogP contribution in [0, 0.1) is 5.92 Å². The Morgan fingerprint density at radius 1 is 1.37 bits per heavy atom. The third-order valence-electron chi connectivity index (χ3n) is 3.66. The number of nitrogens with zero attached hydrogens (tertiary/aromatic N) is 3. The van der Waals surface area contributed by atoms with Crippen LogP contribution in [0.25, 0.3) is 5.69 Å². The van der Waals surface area contributed by atoms with Crippen LogP contribution in [0.15, 0.2) is 36.5 Å². The molecule has 1 aromatic heterocycles. The van der Waals surface area contributed by atoms with Gasteiger partial charge in [0, 0.05) is 5.92 Å². The van der Waals surface area contributed by atoms with Gasteiger partial charge in [0.25, 0.3) is 0 Å². The van der Waals surface area contributed by atoms with E-state index in [-0.39, 0.29) is 12.1 Å². The summed E-state index contributed by atoms with van der Waals surface area (Å²) < 4.78 is 7.41. The van der Waals surface area contributed by atoms with E-state index in [1.165, 1.54) is 0 Å². The second-order valence-corrected chi connectivity index (χ2v) is 5.07. The molecule has 100 valence electrons. The van der Waals surface area contributed by atoms with Crippen molar-refractivity contribution in [3.05, 3.63) is 42.2 Å². The van der Waals surface area contributed by atoms with Gasteiger partial charge in [0.15, 0.2) is 0 Å². The molecule has 2 N–H and O–H groups in total. The maximum atomic E-state index is 6.36. The summed E-state index contributed by atoms with van der Waals surface area (Å²) in [5, 5.41) is 8.15. The molecule has 0 amide bonds. The summed E-state index contributed by atoms with van der Waals surface area (Å²) in [5.41, 5.74) is 8.29. The van der Waals surface area contributed by atoms with Crippen molar-refractivity contribution in [2.45, 2.75) is 25.5 Å². The summed E-state index contributed by atoms with van der Waals surface area (Å²) in [5.74, 6) is 0.330. The monoisotopic (exact) mass is 258 g/mol. The quantitative estimate of drug-likeness (QED) is 0.909. The number of rotatable bonds is 3. The standard InChI is InChI=1S/C14H18N4O/c1-10-7-11(9-19-10)14(15)13-8-16-17-18(13)12-5-3-2-4-6-12/h2-6,8,10-11,14H,7,9,15H2,1H3. The first kappa shape index (κ1) is 12.3. The molecule has 1 aliphatic rings. The van der Waals surface area contributed by atoms with Crippen molar-refractivity contribution >= 4 is 0 Å². The second-order valence-electron chi connectivity index (χ2n) is 5.07. The van der Waals surface area contributed by atoms with Crippen LogP contribution >= 0.6 is 0 Å². The van der Waals surface area contributed by atoms with E-state index < -0.39 is 0 Å². The van der Waals surface area contributed by atoms with Crippen LogP contribution in [0.3, 0.4) is 0 Å². The molecule has 1 aromatic carbocycles. The lowest BCUT2D eigenvalue weighted by Gasteiger charge is -2.18. The number of benzene rings is 1. The topological polar surface area (TPSA) is 66.0 Å². The van der Waals surface area contributed by atoms with Gasteiger partial charge in [0.1, 0.15) is 0 Å². The van der Waals surface area contributed by atoms with E-state index in [0.717, 1.165) is 17.8 Å². The van der Waals surface area contributed by atoms with E-state index >= 15 is 0 Å². The van der Waals surface area contributed by atoms with E-state index in [0.29, 0.717) is 12.5 Å². The van der Waals surface area contributed by atoms with Gasteiger partial charge >= 0.3 is 0 Å². The normalized spacial score (nSPS) is 24.5. The van der Waals surface area contributed by atoms with E-state index in [1.54, 1.807) is 6.20 Å². The van der Waals surface area contributed by atoms with E-state index in [1.807, 2.05) is 35.0 Å². The number of para-hydroxylation sites is 1. The minimum Gasteiger partial charge on any atom is -0.378 e. The number of ether oxygens (including phenoxy) is 1. The van der Waals surface area contributed by atoms with Gasteiger partial charge in [-0.05, 0) is 25.5 Å². The zero-order valence-electron chi connectivity index (χ0n) is 10.9. The number of hydrogen-bond donors (Lipinski definition) is 1. The third-order valence-corrected chi connectivity index (χ3v) is 3.66. The highest BCUT2D eigenvalue weighted by Gasteiger charge is 2.30. The van der Waals surface area contributed by atoms with Crippen molar-refractivity contribution in [3.8, 4) is 5.69 Å². The SMILES string of the molecule is CC1CC(C(N)c2cnnn2-c2ccccc2)CO1. The summed E-state index contributed by atoms with van der Waals surface area (Å²) in [6.07, 6.45) is 3.03. The predicted molar refractivity (Wildman–Crippen MR) is 71.8 cm³/mol. The van der Waals surface area contributed by atoms with Crippen molar-refractivity contribution in [1.82, 2.24) is 15.0 Å². The number of nitrogens with two attached hydrogens (primary N) is 1. The molecule has 1 fully saturated rings. The molecule has 3 unspecified atom stereocenters. The Morgan fingerprint density at radius 3 is 2.84 bits per heavy atom. The van der Waals surface area contributed by atoms with E-state index in [4.69, 9.17) is 10.5 Å². The predicted octanol–water partition coefficient (Wildman–Crippen LogP) is 1.69. The Labute approximate surface area is 112 Å². The maximum Gasteiger partial charge on any atom is 0.0816 e. The highest BCUT2D eigenvalue weighted by atomic mass is 16.5. The first-order valence-electron chi connectivity index (χ1n) is 6.59. The smallest absolute Gasteiger partial charge is 0.0816 e. The lowest BCUT2D eigenvalue weighted by atomic mass is 9.95. The maximum absolute atomic E-state index is 6.36. The summed E-state index contributed by atoms with van der Waals surface area (Å²) in [4.78, 5) is 0. The fourth-order valence-corrected chi connectivity index (χ4v) is 2.58. The molecular formula is C14H18N4O. The van der Waals surface area contributed by atoms with Gasteiger partial charge in [-0.15, -0.1) is 5.10 Å². The average Bonchev–Trinajstić information content (AvgIpc) is 3.07. The summed E-state index contributed by atoms with van der Waals surface area (Å²) in [6.45, 7) is 2.79. The van der Waals surface area contributed by atoms with Gasteiger partial charge in [-0.1, -0.05) is 23.4 Å². The van der Waals surface area contributed by atoms with Gasteiger partial charge in [-0.2, -0.15) is 0 Å². The lowest BCUT2D eigenvalue weighted by Crippen LogP contribution is -2.24.